The molecule has 15 heavy (non-hydrogen) atoms. The van der Waals surface area contributed by atoms with Crippen LogP contribution in [-0.2, 0) is 6.18 Å². The molecule has 0 aliphatic heterocycles. The SMILES string of the molecule is N#CC=Cc1cnc(N)nc1C(F)(F)F. The smallest absolute Gasteiger partial charge is 0.368 e. The summed E-state index contributed by atoms with van der Waals surface area (Å²) in [5.74, 6) is -0.462. The van der Waals surface area contributed by atoms with E-state index in [1.807, 2.05) is 0 Å². The molecule has 2 N–H and O–H groups in total. The van der Waals surface area contributed by atoms with Gasteiger partial charge in [-0.15, -0.1) is 0 Å². The maximum Gasteiger partial charge on any atom is 0.434 e. The van der Waals surface area contributed by atoms with Crippen molar-refractivity contribution in [2.24, 2.45) is 0 Å². The van der Waals surface area contributed by atoms with Crippen molar-refractivity contribution in [3.8, 4) is 6.07 Å². The molecule has 0 saturated heterocycles. The second-order valence-electron chi connectivity index (χ2n) is 2.49. The number of rotatable bonds is 1. The van der Waals surface area contributed by atoms with Crippen LogP contribution in [0.1, 0.15) is 11.3 Å². The van der Waals surface area contributed by atoms with Crippen LogP contribution in [0, 0.1) is 11.3 Å². The molecule has 0 amide bonds. The third-order valence-corrected chi connectivity index (χ3v) is 1.44. The predicted molar refractivity (Wildman–Crippen MR) is 46.1 cm³/mol. The van der Waals surface area contributed by atoms with Gasteiger partial charge in [-0.25, -0.2) is 9.97 Å². The number of allylic oxidation sites excluding steroid dienone is 1. The quantitative estimate of drug-likeness (QED) is 0.720. The molecule has 0 aliphatic carbocycles. The van der Waals surface area contributed by atoms with Gasteiger partial charge in [0.1, 0.15) is 0 Å². The van der Waals surface area contributed by atoms with Crippen molar-refractivity contribution in [1.82, 2.24) is 9.97 Å². The largest absolute Gasteiger partial charge is 0.434 e. The molecule has 1 aromatic rings. The van der Waals surface area contributed by atoms with Crippen molar-refractivity contribution in [1.29, 1.82) is 5.26 Å². The third kappa shape index (κ3) is 2.67. The van der Waals surface area contributed by atoms with Crippen LogP contribution in [-0.4, -0.2) is 9.97 Å². The van der Waals surface area contributed by atoms with E-state index in [4.69, 9.17) is 11.0 Å². The molecule has 1 heterocycles. The van der Waals surface area contributed by atoms with E-state index in [0.29, 0.717) is 0 Å². The van der Waals surface area contributed by atoms with E-state index in [9.17, 15) is 13.2 Å². The fraction of sp³-hybridized carbons (Fsp3) is 0.125. The molecule has 0 saturated carbocycles. The highest BCUT2D eigenvalue weighted by molar-refractivity contribution is 5.54. The van der Waals surface area contributed by atoms with Crippen molar-refractivity contribution >= 4 is 12.0 Å². The molecular formula is C8H5F3N4. The van der Waals surface area contributed by atoms with E-state index >= 15 is 0 Å². The Morgan fingerprint density at radius 1 is 1.47 bits per heavy atom. The van der Waals surface area contributed by atoms with Crippen molar-refractivity contribution in [2.75, 3.05) is 5.73 Å². The van der Waals surface area contributed by atoms with E-state index in [-0.39, 0.29) is 5.56 Å². The number of halogens is 3. The number of hydrogen-bond donors (Lipinski definition) is 1. The van der Waals surface area contributed by atoms with E-state index in [1.54, 1.807) is 6.07 Å². The number of aromatic nitrogens is 2. The van der Waals surface area contributed by atoms with Crippen LogP contribution in [0.3, 0.4) is 0 Å². The molecule has 1 aromatic heterocycles. The van der Waals surface area contributed by atoms with E-state index in [2.05, 4.69) is 9.97 Å². The summed E-state index contributed by atoms with van der Waals surface area (Å²) in [4.78, 5) is 6.49. The second kappa shape index (κ2) is 3.96. The Labute approximate surface area is 82.9 Å². The third-order valence-electron chi connectivity index (χ3n) is 1.44. The van der Waals surface area contributed by atoms with E-state index in [0.717, 1.165) is 18.3 Å². The number of anilines is 1. The second-order valence-corrected chi connectivity index (χ2v) is 2.49. The van der Waals surface area contributed by atoms with Crippen LogP contribution < -0.4 is 5.73 Å². The topological polar surface area (TPSA) is 75.6 Å². The molecule has 78 valence electrons. The molecule has 0 fully saturated rings. The molecule has 0 aliphatic rings. The zero-order valence-electron chi connectivity index (χ0n) is 7.28. The molecule has 0 atom stereocenters. The Hall–Kier alpha value is -2.10. The first-order chi connectivity index (χ1) is 6.95. The maximum atomic E-state index is 12.4. The summed E-state index contributed by atoms with van der Waals surface area (Å²) < 4.78 is 37.2. The summed E-state index contributed by atoms with van der Waals surface area (Å²) in [6.45, 7) is 0. The highest BCUT2D eigenvalue weighted by Gasteiger charge is 2.35. The van der Waals surface area contributed by atoms with E-state index < -0.39 is 17.8 Å². The zero-order valence-corrected chi connectivity index (χ0v) is 7.28. The molecule has 0 spiro atoms. The highest BCUT2D eigenvalue weighted by atomic mass is 19.4. The van der Waals surface area contributed by atoms with Gasteiger partial charge >= 0.3 is 6.18 Å². The molecule has 0 radical (unpaired) electrons. The zero-order chi connectivity index (χ0) is 11.5. The number of nitriles is 1. The lowest BCUT2D eigenvalue weighted by Crippen LogP contribution is -2.12. The van der Waals surface area contributed by atoms with Crippen LogP contribution >= 0.6 is 0 Å². The molecule has 4 nitrogen and oxygen atoms in total. The molecule has 0 unspecified atom stereocenters. The first-order valence-corrected chi connectivity index (χ1v) is 3.71. The minimum atomic E-state index is -4.62. The van der Waals surface area contributed by atoms with Gasteiger partial charge in [-0.3, -0.25) is 0 Å². The first kappa shape index (κ1) is 11.0. The van der Waals surface area contributed by atoms with Crippen LogP contribution in [0.4, 0.5) is 19.1 Å². The summed E-state index contributed by atoms with van der Waals surface area (Å²) >= 11 is 0. The fourth-order valence-corrected chi connectivity index (χ4v) is 0.881. The van der Waals surface area contributed by atoms with Gasteiger partial charge < -0.3 is 5.73 Å². The van der Waals surface area contributed by atoms with Gasteiger partial charge in [0.2, 0.25) is 5.95 Å². The number of hydrogen-bond acceptors (Lipinski definition) is 4. The normalized spacial score (nSPS) is 11.6. The summed E-state index contributed by atoms with van der Waals surface area (Å²) in [6, 6.07) is 1.57. The Kier molecular flexibility index (Phi) is 2.90. The monoisotopic (exact) mass is 214 g/mol. The maximum absolute atomic E-state index is 12.4. The van der Waals surface area contributed by atoms with Gasteiger partial charge in [-0.1, -0.05) is 0 Å². The molecule has 1 rings (SSSR count). The Balaban J connectivity index is 3.28. The van der Waals surface area contributed by atoms with Gasteiger partial charge in [0.15, 0.2) is 5.69 Å². The van der Waals surface area contributed by atoms with Crippen molar-refractivity contribution < 1.29 is 13.2 Å². The first-order valence-electron chi connectivity index (χ1n) is 3.71. The van der Waals surface area contributed by atoms with Gasteiger partial charge in [-0.2, -0.15) is 18.4 Å². The lowest BCUT2D eigenvalue weighted by atomic mass is 10.2. The summed E-state index contributed by atoms with van der Waals surface area (Å²) in [5.41, 5.74) is 3.60. The van der Waals surface area contributed by atoms with Gasteiger partial charge in [-0.05, 0) is 6.08 Å². The number of nitrogens with two attached hydrogens (primary N) is 1. The number of alkyl halides is 3. The average Bonchev–Trinajstić information content (AvgIpc) is 2.14. The number of nitrogens with zero attached hydrogens (tertiary/aromatic N) is 3. The summed E-state index contributed by atoms with van der Waals surface area (Å²) in [6.07, 6.45) is -1.82. The fourth-order valence-electron chi connectivity index (χ4n) is 0.881. The van der Waals surface area contributed by atoms with Crippen LogP contribution in [0.5, 0.6) is 0 Å². The van der Waals surface area contributed by atoms with Crippen molar-refractivity contribution in [3.63, 3.8) is 0 Å². The minimum absolute atomic E-state index is 0.293. The Morgan fingerprint density at radius 3 is 2.67 bits per heavy atom. The van der Waals surface area contributed by atoms with Crippen molar-refractivity contribution in [3.05, 3.63) is 23.5 Å². The summed E-state index contributed by atoms with van der Waals surface area (Å²) in [5, 5.41) is 8.19. The summed E-state index contributed by atoms with van der Waals surface area (Å²) in [7, 11) is 0. The van der Waals surface area contributed by atoms with Crippen LogP contribution in [0.15, 0.2) is 12.3 Å². The molecule has 7 heteroatoms. The minimum Gasteiger partial charge on any atom is -0.368 e. The van der Waals surface area contributed by atoms with E-state index in [1.165, 1.54) is 0 Å². The van der Waals surface area contributed by atoms with Gasteiger partial charge in [0.25, 0.3) is 0 Å². The van der Waals surface area contributed by atoms with Gasteiger partial charge in [0.05, 0.1) is 6.07 Å². The van der Waals surface area contributed by atoms with Gasteiger partial charge in [0, 0.05) is 17.8 Å². The number of nitrogen functional groups attached to an aromatic ring is 1. The van der Waals surface area contributed by atoms with Crippen LogP contribution in [0.25, 0.3) is 6.08 Å². The average molecular weight is 214 g/mol. The molecule has 0 aromatic carbocycles. The Bertz CT molecular complexity index is 430. The van der Waals surface area contributed by atoms with Crippen LogP contribution in [0.2, 0.25) is 0 Å². The lowest BCUT2D eigenvalue weighted by molar-refractivity contribution is -0.141. The molecular weight excluding hydrogens is 209 g/mol. The standard InChI is InChI=1S/C8H5F3N4/c9-8(10,11)6-5(2-1-3-12)4-14-7(13)15-6/h1-2,4H,(H2,13,14,15). The Morgan fingerprint density at radius 2 is 2.13 bits per heavy atom. The van der Waals surface area contributed by atoms with Crippen molar-refractivity contribution in [2.45, 2.75) is 6.18 Å². The lowest BCUT2D eigenvalue weighted by Gasteiger charge is -2.08. The molecule has 0 bridgehead atoms. The predicted octanol–water partition coefficient (Wildman–Crippen LogP) is 1.61. The highest BCUT2D eigenvalue weighted by Crippen LogP contribution is 2.30.